The summed E-state index contributed by atoms with van der Waals surface area (Å²) in [4.78, 5) is 27.1. The van der Waals surface area contributed by atoms with Crippen LogP contribution in [0.1, 0.15) is 28.7 Å². The van der Waals surface area contributed by atoms with Gasteiger partial charge >= 0.3 is 5.97 Å². The van der Waals surface area contributed by atoms with Gasteiger partial charge in [-0.1, -0.05) is 0 Å². The van der Waals surface area contributed by atoms with Crippen molar-refractivity contribution in [1.82, 2.24) is 14.7 Å². The van der Waals surface area contributed by atoms with Crippen LogP contribution in [0.4, 0.5) is 0 Å². The van der Waals surface area contributed by atoms with Gasteiger partial charge in [-0.05, 0) is 26.3 Å². The Kier molecular flexibility index (Phi) is 3.05. The van der Waals surface area contributed by atoms with Crippen molar-refractivity contribution >= 4 is 33.4 Å². The summed E-state index contributed by atoms with van der Waals surface area (Å²) in [5, 5.41) is 14.6. The fourth-order valence-electron chi connectivity index (χ4n) is 2.78. The molecule has 1 unspecified atom stereocenters. The summed E-state index contributed by atoms with van der Waals surface area (Å²) in [7, 11) is 1.86. The predicted molar refractivity (Wildman–Crippen MR) is 79.6 cm³/mol. The molecule has 2 aromatic heterocycles. The van der Waals surface area contributed by atoms with E-state index in [1.165, 1.54) is 11.3 Å². The Labute approximate surface area is 126 Å². The van der Waals surface area contributed by atoms with Gasteiger partial charge in [0.25, 0.3) is 5.91 Å². The fourth-order valence-corrected chi connectivity index (χ4v) is 3.87. The first-order valence-electron chi connectivity index (χ1n) is 6.78. The van der Waals surface area contributed by atoms with E-state index in [0.29, 0.717) is 17.8 Å². The van der Waals surface area contributed by atoms with Crippen molar-refractivity contribution < 1.29 is 14.7 Å². The van der Waals surface area contributed by atoms with E-state index in [1.54, 1.807) is 16.5 Å². The van der Waals surface area contributed by atoms with Gasteiger partial charge in [0.15, 0.2) is 0 Å². The first kappa shape index (κ1) is 14.1. The third-order valence-corrected chi connectivity index (χ3v) is 5.37. The third kappa shape index (κ3) is 2.12. The zero-order valence-electron chi connectivity index (χ0n) is 12.2. The van der Waals surface area contributed by atoms with Gasteiger partial charge in [-0.3, -0.25) is 14.3 Å². The van der Waals surface area contributed by atoms with E-state index in [-0.39, 0.29) is 12.5 Å². The Hall–Kier alpha value is -1.89. The molecule has 0 saturated carbocycles. The predicted octanol–water partition coefficient (Wildman–Crippen LogP) is 1.88. The van der Waals surface area contributed by atoms with Crippen LogP contribution in [0, 0.1) is 12.3 Å². The second-order valence-corrected chi connectivity index (χ2v) is 6.91. The molecule has 0 aliphatic carbocycles. The van der Waals surface area contributed by atoms with E-state index in [4.69, 9.17) is 0 Å². The number of fused-ring (bicyclic) bond motifs is 1. The highest BCUT2D eigenvalue weighted by molar-refractivity contribution is 7.20. The smallest absolute Gasteiger partial charge is 0.311 e. The average Bonchev–Trinajstić information content (AvgIpc) is 3.07. The first-order chi connectivity index (χ1) is 9.82. The standard InChI is InChI=1S/C14H17N3O3S/c1-8-9-6-10(21-12(9)16(3)15-8)11(18)17-5-4-14(2,7-17)13(19)20/h6H,4-5,7H2,1-3H3,(H,19,20). The van der Waals surface area contributed by atoms with Gasteiger partial charge in [0.05, 0.1) is 16.0 Å². The number of amides is 1. The molecule has 1 amide bonds. The lowest BCUT2D eigenvalue weighted by Crippen LogP contribution is -2.34. The van der Waals surface area contributed by atoms with Crippen LogP contribution in [0.2, 0.25) is 0 Å². The summed E-state index contributed by atoms with van der Waals surface area (Å²) in [5.41, 5.74) is 0.0729. The molecule has 2 aromatic rings. The number of likely N-dealkylation sites (tertiary alicyclic amines) is 1. The lowest BCUT2D eigenvalue weighted by atomic mass is 9.90. The molecule has 0 spiro atoms. The van der Waals surface area contributed by atoms with Gasteiger partial charge < -0.3 is 10.0 Å². The molecule has 0 radical (unpaired) electrons. The van der Waals surface area contributed by atoms with Crippen molar-refractivity contribution in [1.29, 1.82) is 0 Å². The van der Waals surface area contributed by atoms with Gasteiger partial charge in [0.2, 0.25) is 0 Å². The van der Waals surface area contributed by atoms with Crippen LogP contribution in [0.15, 0.2) is 6.07 Å². The van der Waals surface area contributed by atoms with E-state index in [2.05, 4.69) is 5.10 Å². The van der Waals surface area contributed by atoms with Crippen LogP contribution < -0.4 is 0 Å². The normalized spacial score (nSPS) is 22.1. The van der Waals surface area contributed by atoms with Crippen LogP contribution in [-0.4, -0.2) is 44.8 Å². The van der Waals surface area contributed by atoms with E-state index in [0.717, 1.165) is 15.9 Å². The van der Waals surface area contributed by atoms with E-state index in [1.807, 2.05) is 20.0 Å². The molecule has 21 heavy (non-hydrogen) atoms. The minimum atomic E-state index is -0.839. The van der Waals surface area contributed by atoms with Gasteiger partial charge in [0, 0.05) is 25.5 Å². The monoisotopic (exact) mass is 307 g/mol. The SMILES string of the molecule is Cc1nn(C)c2sc(C(=O)N3CCC(C)(C(=O)O)C3)cc12. The number of carbonyl (C=O) groups is 2. The number of aromatic nitrogens is 2. The van der Waals surface area contributed by atoms with Gasteiger partial charge in [0.1, 0.15) is 4.83 Å². The van der Waals surface area contributed by atoms with Gasteiger partial charge in [-0.25, -0.2) is 0 Å². The van der Waals surface area contributed by atoms with Crippen molar-refractivity contribution in [3.05, 3.63) is 16.6 Å². The molecular formula is C14H17N3O3S. The van der Waals surface area contributed by atoms with Crippen LogP contribution in [0.25, 0.3) is 10.2 Å². The minimum Gasteiger partial charge on any atom is -0.481 e. The van der Waals surface area contributed by atoms with Crippen LogP contribution in [-0.2, 0) is 11.8 Å². The van der Waals surface area contributed by atoms with Crippen LogP contribution in [0.5, 0.6) is 0 Å². The van der Waals surface area contributed by atoms with Crippen molar-refractivity contribution in [2.45, 2.75) is 20.3 Å². The third-order valence-electron chi connectivity index (χ3n) is 4.18. The van der Waals surface area contributed by atoms with Gasteiger partial charge in [-0.2, -0.15) is 5.10 Å². The van der Waals surface area contributed by atoms with Crippen molar-refractivity contribution in [3.63, 3.8) is 0 Å². The topological polar surface area (TPSA) is 75.4 Å². The molecule has 7 heteroatoms. The van der Waals surface area contributed by atoms with E-state index < -0.39 is 11.4 Å². The van der Waals surface area contributed by atoms with Crippen LogP contribution >= 0.6 is 11.3 Å². The maximum Gasteiger partial charge on any atom is 0.311 e. The van der Waals surface area contributed by atoms with Crippen molar-refractivity contribution in [2.24, 2.45) is 12.5 Å². The Morgan fingerprint density at radius 2 is 2.19 bits per heavy atom. The molecule has 1 fully saturated rings. The molecule has 1 N–H and O–H groups in total. The number of nitrogens with zero attached hydrogens (tertiary/aromatic N) is 3. The maximum absolute atomic E-state index is 12.6. The zero-order chi connectivity index (χ0) is 15.4. The molecule has 3 rings (SSSR count). The zero-order valence-corrected chi connectivity index (χ0v) is 13.0. The number of aliphatic carboxylic acids is 1. The number of carbonyl (C=O) groups excluding carboxylic acids is 1. The molecule has 3 heterocycles. The lowest BCUT2D eigenvalue weighted by Gasteiger charge is -2.19. The second kappa shape index (κ2) is 4.56. The second-order valence-electron chi connectivity index (χ2n) is 5.88. The summed E-state index contributed by atoms with van der Waals surface area (Å²) in [6, 6.07) is 1.86. The Balaban J connectivity index is 1.88. The molecule has 1 atom stereocenters. The Morgan fingerprint density at radius 3 is 2.76 bits per heavy atom. The van der Waals surface area contributed by atoms with Crippen molar-refractivity contribution in [2.75, 3.05) is 13.1 Å². The Bertz CT molecular complexity index is 714. The van der Waals surface area contributed by atoms with E-state index in [9.17, 15) is 14.7 Å². The lowest BCUT2D eigenvalue weighted by molar-refractivity contribution is -0.147. The number of thiophene rings is 1. The number of aryl methyl sites for hydroxylation is 2. The van der Waals surface area contributed by atoms with E-state index >= 15 is 0 Å². The molecule has 1 saturated heterocycles. The van der Waals surface area contributed by atoms with Crippen LogP contribution in [0.3, 0.4) is 0 Å². The fraction of sp³-hybridized carbons (Fsp3) is 0.500. The summed E-state index contributed by atoms with van der Waals surface area (Å²) < 4.78 is 1.78. The largest absolute Gasteiger partial charge is 0.481 e. The molecule has 112 valence electrons. The summed E-state index contributed by atoms with van der Waals surface area (Å²) in [5.74, 6) is -0.922. The number of hydrogen-bond acceptors (Lipinski definition) is 4. The molecular weight excluding hydrogens is 290 g/mol. The number of rotatable bonds is 2. The minimum absolute atomic E-state index is 0.0828. The molecule has 0 aromatic carbocycles. The maximum atomic E-state index is 12.6. The summed E-state index contributed by atoms with van der Waals surface area (Å²) in [6.07, 6.45) is 0.500. The first-order valence-corrected chi connectivity index (χ1v) is 7.59. The number of carboxylic acid groups (broad SMARTS) is 1. The highest BCUT2D eigenvalue weighted by Crippen LogP contribution is 2.33. The number of carboxylic acids is 1. The molecule has 0 bridgehead atoms. The summed E-state index contributed by atoms with van der Waals surface area (Å²) >= 11 is 1.41. The van der Waals surface area contributed by atoms with Gasteiger partial charge in [-0.15, -0.1) is 11.3 Å². The van der Waals surface area contributed by atoms with Crippen molar-refractivity contribution in [3.8, 4) is 0 Å². The molecule has 1 aliphatic heterocycles. The average molecular weight is 307 g/mol. The quantitative estimate of drug-likeness (QED) is 0.919. The molecule has 6 nitrogen and oxygen atoms in total. The Morgan fingerprint density at radius 1 is 1.48 bits per heavy atom. The number of hydrogen-bond donors (Lipinski definition) is 1. The summed E-state index contributed by atoms with van der Waals surface area (Å²) in [6.45, 7) is 4.38. The highest BCUT2D eigenvalue weighted by atomic mass is 32.1. The highest BCUT2D eigenvalue weighted by Gasteiger charge is 2.42. The molecule has 1 aliphatic rings.